The summed E-state index contributed by atoms with van der Waals surface area (Å²) >= 11 is 0. The summed E-state index contributed by atoms with van der Waals surface area (Å²) < 4.78 is 12.7. The van der Waals surface area contributed by atoms with Gasteiger partial charge >= 0.3 is 5.97 Å². The van der Waals surface area contributed by atoms with Crippen LogP contribution in [0.1, 0.15) is 26.9 Å². The number of benzene rings is 2. The van der Waals surface area contributed by atoms with Gasteiger partial charge in [0, 0.05) is 5.56 Å². The van der Waals surface area contributed by atoms with Gasteiger partial charge in [-0.25, -0.2) is 19.7 Å². The highest BCUT2D eigenvalue weighted by Gasteiger charge is 2.47. The number of aliphatic hydroxyl groups excluding tert-OH is 2. The Kier molecular flexibility index (Phi) is 6.19. The second-order valence-electron chi connectivity index (χ2n) is 7.84. The molecule has 1 fully saturated rings. The number of nitrogens with zero attached hydrogens (tertiary/aromatic N) is 4. The van der Waals surface area contributed by atoms with Crippen molar-refractivity contribution in [2.24, 2.45) is 0 Å². The van der Waals surface area contributed by atoms with Crippen LogP contribution in [0.4, 0.5) is 5.82 Å². The first-order valence-electron chi connectivity index (χ1n) is 10.8. The van der Waals surface area contributed by atoms with Gasteiger partial charge in [0.15, 0.2) is 29.3 Å². The van der Waals surface area contributed by atoms with Gasteiger partial charge in [-0.3, -0.25) is 9.36 Å². The number of hydrogen-bond donors (Lipinski definition) is 3. The van der Waals surface area contributed by atoms with Crippen molar-refractivity contribution in [1.82, 2.24) is 19.5 Å². The number of carbonyl (C=O) groups is 2. The predicted octanol–water partition coefficient (Wildman–Crippen LogP) is 1.55. The SMILES string of the molecule is O=C(Nc1ncnc2c1ncn2[C@@H]1O[C@H](CO)[C@@H](OC(=O)c2ccccc2)[C@H]1O)c1ccccc1. The number of fused-ring (bicyclic) bond motifs is 1. The molecule has 1 saturated heterocycles. The first kappa shape index (κ1) is 22.6. The van der Waals surface area contributed by atoms with Crippen LogP contribution >= 0.6 is 0 Å². The van der Waals surface area contributed by atoms with Gasteiger partial charge in [0.2, 0.25) is 0 Å². The third kappa shape index (κ3) is 4.35. The topological polar surface area (TPSA) is 149 Å². The standard InChI is InChI=1S/C24H21N5O6/c30-11-16-19(35-24(33)15-9-5-2-6-10-15)18(31)23(34-16)29-13-27-17-20(25-12-26-21(17)29)28-22(32)14-7-3-1-4-8-14/h1-10,12-13,16,18-19,23,30-31H,11H2,(H,25,26,28,32)/t16-,18-,19-,23-/m1/s1. The van der Waals surface area contributed by atoms with Crippen LogP contribution in [-0.4, -0.2) is 66.5 Å². The maximum Gasteiger partial charge on any atom is 0.338 e. The molecule has 1 amide bonds. The monoisotopic (exact) mass is 475 g/mol. The Hall–Kier alpha value is -4.19. The van der Waals surface area contributed by atoms with E-state index in [0.29, 0.717) is 11.1 Å². The molecule has 0 spiro atoms. The van der Waals surface area contributed by atoms with Crippen molar-refractivity contribution in [3.8, 4) is 0 Å². The maximum atomic E-state index is 12.6. The van der Waals surface area contributed by atoms with Crippen molar-refractivity contribution in [1.29, 1.82) is 0 Å². The second kappa shape index (κ2) is 9.58. The highest BCUT2D eigenvalue weighted by Crippen LogP contribution is 2.34. The second-order valence-corrected chi connectivity index (χ2v) is 7.84. The summed E-state index contributed by atoms with van der Waals surface area (Å²) in [6.07, 6.45) is -1.86. The molecular formula is C24H21N5O6. The number of anilines is 1. The molecule has 1 aliphatic heterocycles. The number of ether oxygens (including phenoxy) is 2. The number of nitrogens with one attached hydrogen (secondary N) is 1. The molecule has 3 heterocycles. The van der Waals surface area contributed by atoms with Gasteiger partial charge in [-0.2, -0.15) is 0 Å². The van der Waals surface area contributed by atoms with E-state index >= 15 is 0 Å². The minimum Gasteiger partial charge on any atom is -0.453 e. The van der Waals surface area contributed by atoms with E-state index in [1.54, 1.807) is 60.7 Å². The number of imidazole rings is 1. The predicted molar refractivity (Wildman–Crippen MR) is 122 cm³/mol. The highest BCUT2D eigenvalue weighted by molar-refractivity contribution is 6.06. The van der Waals surface area contributed by atoms with E-state index in [2.05, 4.69) is 20.3 Å². The van der Waals surface area contributed by atoms with Crippen molar-refractivity contribution < 1.29 is 29.3 Å². The third-order valence-electron chi connectivity index (χ3n) is 5.64. The number of amides is 1. The zero-order chi connectivity index (χ0) is 24.4. The largest absolute Gasteiger partial charge is 0.453 e. The summed E-state index contributed by atoms with van der Waals surface area (Å²) in [5.41, 5.74) is 1.30. The summed E-state index contributed by atoms with van der Waals surface area (Å²) in [7, 11) is 0. The van der Waals surface area contributed by atoms with Crippen molar-refractivity contribution in [2.75, 3.05) is 11.9 Å². The molecule has 0 saturated carbocycles. The maximum absolute atomic E-state index is 12.6. The minimum atomic E-state index is -1.32. The van der Waals surface area contributed by atoms with Crippen LogP contribution in [0.25, 0.3) is 11.2 Å². The molecule has 1 aliphatic rings. The Morgan fingerprint density at radius 2 is 1.69 bits per heavy atom. The van der Waals surface area contributed by atoms with Crippen molar-refractivity contribution >= 4 is 28.9 Å². The number of aliphatic hydroxyl groups is 2. The van der Waals surface area contributed by atoms with Crippen LogP contribution < -0.4 is 5.32 Å². The van der Waals surface area contributed by atoms with E-state index in [1.165, 1.54) is 17.2 Å². The summed E-state index contributed by atoms with van der Waals surface area (Å²) in [6, 6.07) is 16.9. The molecule has 2 aromatic carbocycles. The van der Waals surface area contributed by atoms with Gasteiger partial charge in [-0.05, 0) is 24.3 Å². The van der Waals surface area contributed by atoms with Crippen LogP contribution in [0.3, 0.4) is 0 Å². The van der Waals surface area contributed by atoms with E-state index in [1.807, 2.05) is 0 Å². The van der Waals surface area contributed by atoms with Crippen molar-refractivity contribution in [2.45, 2.75) is 24.5 Å². The molecule has 35 heavy (non-hydrogen) atoms. The average Bonchev–Trinajstić information content (AvgIpc) is 3.46. The van der Waals surface area contributed by atoms with E-state index in [9.17, 15) is 19.8 Å². The number of rotatable bonds is 6. The average molecular weight is 475 g/mol. The zero-order valence-corrected chi connectivity index (χ0v) is 18.3. The molecule has 5 rings (SSSR count). The lowest BCUT2D eigenvalue weighted by molar-refractivity contribution is -0.0529. The molecule has 4 aromatic rings. The van der Waals surface area contributed by atoms with Crippen LogP contribution in [-0.2, 0) is 9.47 Å². The van der Waals surface area contributed by atoms with Gasteiger partial charge in [0.1, 0.15) is 18.5 Å². The fraction of sp³-hybridized carbons (Fsp3) is 0.208. The van der Waals surface area contributed by atoms with Crippen LogP contribution in [0, 0.1) is 0 Å². The summed E-state index contributed by atoms with van der Waals surface area (Å²) in [6.45, 7) is -0.486. The lowest BCUT2D eigenvalue weighted by Gasteiger charge is -2.20. The van der Waals surface area contributed by atoms with E-state index < -0.39 is 37.1 Å². The number of esters is 1. The Balaban J connectivity index is 1.39. The summed E-state index contributed by atoms with van der Waals surface area (Å²) in [5, 5.41) is 23.5. The minimum absolute atomic E-state index is 0.181. The van der Waals surface area contributed by atoms with Crippen LogP contribution in [0.15, 0.2) is 73.3 Å². The van der Waals surface area contributed by atoms with E-state index in [-0.39, 0.29) is 22.9 Å². The molecule has 2 aromatic heterocycles. The molecule has 0 aliphatic carbocycles. The Bertz CT molecular complexity index is 1350. The quantitative estimate of drug-likeness (QED) is 0.353. The smallest absolute Gasteiger partial charge is 0.338 e. The van der Waals surface area contributed by atoms with Gasteiger partial charge in [-0.15, -0.1) is 0 Å². The normalized spacial score (nSPS) is 21.7. The fourth-order valence-corrected chi connectivity index (χ4v) is 3.91. The van der Waals surface area contributed by atoms with Crippen LogP contribution in [0.5, 0.6) is 0 Å². The summed E-state index contributed by atoms with van der Waals surface area (Å²) in [5.74, 6) is -0.840. The zero-order valence-electron chi connectivity index (χ0n) is 18.3. The van der Waals surface area contributed by atoms with Gasteiger partial charge < -0.3 is 25.0 Å². The molecule has 11 heteroatoms. The van der Waals surface area contributed by atoms with Crippen molar-refractivity contribution in [3.63, 3.8) is 0 Å². The Labute approximate surface area is 199 Å². The van der Waals surface area contributed by atoms with E-state index in [0.717, 1.165) is 0 Å². The molecule has 4 atom stereocenters. The number of carbonyl (C=O) groups excluding carboxylic acids is 2. The molecule has 178 valence electrons. The number of hydrogen-bond acceptors (Lipinski definition) is 9. The Morgan fingerprint density at radius 1 is 1.00 bits per heavy atom. The van der Waals surface area contributed by atoms with E-state index in [4.69, 9.17) is 9.47 Å². The van der Waals surface area contributed by atoms with Gasteiger partial charge in [-0.1, -0.05) is 36.4 Å². The van der Waals surface area contributed by atoms with Gasteiger partial charge in [0.25, 0.3) is 5.91 Å². The highest BCUT2D eigenvalue weighted by atomic mass is 16.6. The lowest BCUT2D eigenvalue weighted by Crippen LogP contribution is -2.37. The number of aromatic nitrogens is 4. The molecule has 0 bridgehead atoms. The summed E-state index contributed by atoms with van der Waals surface area (Å²) in [4.78, 5) is 37.7. The molecule has 3 N–H and O–H groups in total. The lowest BCUT2D eigenvalue weighted by atomic mass is 10.1. The molecule has 0 radical (unpaired) electrons. The van der Waals surface area contributed by atoms with Gasteiger partial charge in [0.05, 0.1) is 18.5 Å². The Morgan fingerprint density at radius 3 is 2.37 bits per heavy atom. The molecular weight excluding hydrogens is 454 g/mol. The van der Waals surface area contributed by atoms with Crippen molar-refractivity contribution in [3.05, 3.63) is 84.4 Å². The van der Waals surface area contributed by atoms with Crippen LogP contribution in [0.2, 0.25) is 0 Å². The first-order valence-corrected chi connectivity index (χ1v) is 10.8. The fourth-order valence-electron chi connectivity index (χ4n) is 3.91. The third-order valence-corrected chi connectivity index (χ3v) is 5.64. The molecule has 11 nitrogen and oxygen atoms in total. The first-order chi connectivity index (χ1) is 17.1. The molecule has 0 unspecified atom stereocenters.